The van der Waals surface area contributed by atoms with Crippen LogP contribution in [-0.2, 0) is 6.54 Å². The Bertz CT molecular complexity index is 579. The zero-order chi connectivity index (χ0) is 15.6. The maximum atomic E-state index is 10.4. The van der Waals surface area contributed by atoms with Crippen LogP contribution in [-0.4, -0.2) is 28.8 Å². The van der Waals surface area contributed by atoms with Crippen molar-refractivity contribution in [1.29, 1.82) is 0 Å². The normalized spacial score (nSPS) is 12.9. The van der Waals surface area contributed by atoms with Gasteiger partial charge in [-0.1, -0.05) is 34.5 Å². The average molecular weight is 288 g/mol. The van der Waals surface area contributed by atoms with Crippen molar-refractivity contribution in [3.05, 3.63) is 51.9 Å². The molecule has 0 radical (unpaired) electrons. The molecule has 1 atom stereocenters. The van der Waals surface area contributed by atoms with Crippen molar-refractivity contribution in [3.63, 3.8) is 0 Å². The van der Waals surface area contributed by atoms with Crippen LogP contribution >= 0.6 is 0 Å². The Hall–Kier alpha value is -1.65. The van der Waals surface area contributed by atoms with Crippen molar-refractivity contribution in [3.8, 4) is 0 Å². The third-order valence-corrected chi connectivity index (χ3v) is 3.72. The molecule has 0 bridgehead atoms. The standard InChI is InChI=1S/C17H24N2O2/c1-11-6-12(2)8-15(7-11)17(20)10-19(5)9-16-13(3)18-21-14(16)4/h6-8,17,20H,9-10H2,1-5H3. The van der Waals surface area contributed by atoms with Crippen LogP contribution in [0.15, 0.2) is 22.7 Å². The highest BCUT2D eigenvalue weighted by Gasteiger charge is 2.15. The Morgan fingerprint density at radius 1 is 1.14 bits per heavy atom. The smallest absolute Gasteiger partial charge is 0.138 e. The summed E-state index contributed by atoms with van der Waals surface area (Å²) < 4.78 is 5.18. The van der Waals surface area contributed by atoms with Gasteiger partial charge in [-0.2, -0.15) is 0 Å². The summed E-state index contributed by atoms with van der Waals surface area (Å²) in [6.45, 7) is 9.27. The minimum atomic E-state index is -0.492. The Morgan fingerprint density at radius 3 is 2.29 bits per heavy atom. The lowest BCUT2D eigenvalue weighted by Gasteiger charge is -2.21. The van der Waals surface area contributed by atoms with Gasteiger partial charge in [0.05, 0.1) is 11.8 Å². The number of nitrogens with zero attached hydrogens (tertiary/aromatic N) is 2. The SMILES string of the molecule is Cc1cc(C)cc(C(O)CN(C)Cc2c(C)noc2C)c1. The molecule has 1 N–H and O–H groups in total. The summed E-state index contributed by atoms with van der Waals surface area (Å²) in [5.41, 5.74) is 5.35. The van der Waals surface area contributed by atoms with Gasteiger partial charge in [0, 0.05) is 18.7 Å². The second-order valence-corrected chi connectivity index (χ2v) is 5.94. The topological polar surface area (TPSA) is 49.5 Å². The molecule has 1 aromatic heterocycles. The van der Waals surface area contributed by atoms with E-state index < -0.39 is 6.10 Å². The van der Waals surface area contributed by atoms with Crippen molar-refractivity contribution in [1.82, 2.24) is 10.1 Å². The van der Waals surface area contributed by atoms with Crippen LogP contribution in [0.1, 0.15) is 39.8 Å². The number of likely N-dealkylation sites (N-methyl/N-ethyl adjacent to an activating group) is 1. The van der Waals surface area contributed by atoms with Crippen molar-refractivity contribution >= 4 is 0 Å². The molecule has 0 saturated heterocycles. The summed E-state index contributed by atoms with van der Waals surface area (Å²) in [5.74, 6) is 0.847. The second-order valence-electron chi connectivity index (χ2n) is 5.94. The van der Waals surface area contributed by atoms with Crippen molar-refractivity contribution < 1.29 is 9.63 Å². The third kappa shape index (κ3) is 3.93. The fraction of sp³-hybridized carbons (Fsp3) is 0.471. The Morgan fingerprint density at radius 2 is 1.76 bits per heavy atom. The molecule has 2 aromatic rings. The summed E-state index contributed by atoms with van der Waals surface area (Å²) in [6, 6.07) is 6.20. The van der Waals surface area contributed by atoms with E-state index in [1.807, 2.05) is 33.0 Å². The van der Waals surface area contributed by atoms with Crippen LogP contribution in [0.5, 0.6) is 0 Å². The van der Waals surface area contributed by atoms with Gasteiger partial charge in [-0.15, -0.1) is 0 Å². The lowest BCUT2D eigenvalue weighted by atomic mass is 10.0. The first kappa shape index (κ1) is 15.7. The lowest BCUT2D eigenvalue weighted by molar-refractivity contribution is 0.123. The van der Waals surface area contributed by atoms with Crippen molar-refractivity contribution in [2.24, 2.45) is 0 Å². The molecule has 0 saturated carbocycles. The van der Waals surface area contributed by atoms with Gasteiger partial charge in [-0.3, -0.25) is 4.90 Å². The summed E-state index contributed by atoms with van der Waals surface area (Å²) in [6.07, 6.45) is -0.492. The average Bonchev–Trinajstić information content (AvgIpc) is 2.69. The van der Waals surface area contributed by atoms with Gasteiger partial charge in [0.15, 0.2) is 0 Å². The van der Waals surface area contributed by atoms with Gasteiger partial charge in [-0.25, -0.2) is 0 Å². The van der Waals surface area contributed by atoms with Crippen LogP contribution in [0.3, 0.4) is 0 Å². The third-order valence-electron chi connectivity index (χ3n) is 3.72. The minimum absolute atomic E-state index is 0.492. The van der Waals surface area contributed by atoms with E-state index in [0.717, 1.165) is 29.1 Å². The molecule has 0 fully saturated rings. The lowest BCUT2D eigenvalue weighted by Crippen LogP contribution is -2.24. The zero-order valence-corrected chi connectivity index (χ0v) is 13.5. The van der Waals surface area contributed by atoms with Crippen LogP contribution in [0.4, 0.5) is 0 Å². The van der Waals surface area contributed by atoms with Crippen LogP contribution in [0.2, 0.25) is 0 Å². The first-order chi connectivity index (χ1) is 9.86. The van der Waals surface area contributed by atoms with Gasteiger partial charge < -0.3 is 9.63 Å². The summed E-state index contributed by atoms with van der Waals surface area (Å²) in [7, 11) is 2.00. The first-order valence-corrected chi connectivity index (χ1v) is 7.23. The molecule has 0 amide bonds. The summed E-state index contributed by atoms with van der Waals surface area (Å²) in [4.78, 5) is 2.09. The molecule has 0 aliphatic heterocycles. The molecule has 1 aromatic carbocycles. The fourth-order valence-corrected chi connectivity index (χ4v) is 2.67. The van der Waals surface area contributed by atoms with Crippen LogP contribution in [0.25, 0.3) is 0 Å². The number of aryl methyl sites for hydroxylation is 4. The Kier molecular flexibility index (Phi) is 4.80. The highest BCUT2D eigenvalue weighted by atomic mass is 16.5. The van der Waals surface area contributed by atoms with Gasteiger partial charge >= 0.3 is 0 Å². The predicted molar refractivity (Wildman–Crippen MR) is 83.2 cm³/mol. The molecule has 21 heavy (non-hydrogen) atoms. The largest absolute Gasteiger partial charge is 0.387 e. The predicted octanol–water partition coefficient (Wildman–Crippen LogP) is 3.07. The molecular formula is C17H24N2O2. The Balaban J connectivity index is 2.03. The van der Waals surface area contributed by atoms with Gasteiger partial charge in [0.1, 0.15) is 5.76 Å². The van der Waals surface area contributed by atoms with E-state index in [2.05, 4.69) is 30.0 Å². The van der Waals surface area contributed by atoms with Crippen LogP contribution in [0, 0.1) is 27.7 Å². The number of aliphatic hydroxyl groups is 1. The van der Waals surface area contributed by atoms with E-state index in [1.54, 1.807) is 0 Å². The fourth-order valence-electron chi connectivity index (χ4n) is 2.67. The first-order valence-electron chi connectivity index (χ1n) is 7.23. The summed E-state index contributed by atoms with van der Waals surface area (Å²) in [5, 5.41) is 14.4. The second kappa shape index (κ2) is 6.41. The monoisotopic (exact) mass is 288 g/mol. The van der Waals surface area contributed by atoms with Crippen LogP contribution < -0.4 is 0 Å². The molecule has 2 rings (SSSR count). The van der Waals surface area contributed by atoms with Gasteiger partial charge in [0.2, 0.25) is 0 Å². The van der Waals surface area contributed by atoms with E-state index in [4.69, 9.17) is 4.52 Å². The van der Waals surface area contributed by atoms with Gasteiger partial charge in [-0.05, 0) is 40.3 Å². The molecule has 1 heterocycles. The number of benzene rings is 1. The molecule has 0 aliphatic carbocycles. The molecule has 4 heteroatoms. The number of hydrogen-bond acceptors (Lipinski definition) is 4. The molecule has 0 spiro atoms. The van der Waals surface area contributed by atoms with E-state index in [0.29, 0.717) is 6.54 Å². The number of aromatic nitrogens is 1. The van der Waals surface area contributed by atoms with Crippen molar-refractivity contribution in [2.45, 2.75) is 40.3 Å². The highest BCUT2D eigenvalue weighted by molar-refractivity contribution is 5.30. The maximum Gasteiger partial charge on any atom is 0.138 e. The van der Waals surface area contributed by atoms with E-state index >= 15 is 0 Å². The van der Waals surface area contributed by atoms with Crippen molar-refractivity contribution in [2.75, 3.05) is 13.6 Å². The molecule has 1 unspecified atom stereocenters. The quantitative estimate of drug-likeness (QED) is 0.918. The maximum absolute atomic E-state index is 10.4. The van der Waals surface area contributed by atoms with E-state index in [9.17, 15) is 5.11 Å². The molecule has 0 aliphatic rings. The van der Waals surface area contributed by atoms with E-state index in [1.165, 1.54) is 11.1 Å². The highest BCUT2D eigenvalue weighted by Crippen LogP contribution is 2.20. The molecule has 114 valence electrons. The zero-order valence-electron chi connectivity index (χ0n) is 13.5. The number of rotatable bonds is 5. The minimum Gasteiger partial charge on any atom is -0.387 e. The Labute approximate surface area is 126 Å². The van der Waals surface area contributed by atoms with Gasteiger partial charge in [0.25, 0.3) is 0 Å². The number of aliphatic hydroxyl groups excluding tert-OH is 1. The van der Waals surface area contributed by atoms with E-state index in [-0.39, 0.29) is 0 Å². The number of hydrogen-bond donors (Lipinski definition) is 1. The molecular weight excluding hydrogens is 264 g/mol. The summed E-state index contributed by atoms with van der Waals surface area (Å²) >= 11 is 0. The molecule has 4 nitrogen and oxygen atoms in total.